The quantitative estimate of drug-likeness (QED) is 0.802. The SMILES string of the molecule is Cc1ccc(NC(=O)CCCOc2ccccc2C)cc1C. The molecule has 0 bridgehead atoms. The fourth-order valence-electron chi connectivity index (χ4n) is 2.18. The lowest BCUT2D eigenvalue weighted by molar-refractivity contribution is -0.116. The van der Waals surface area contributed by atoms with Crippen LogP contribution in [0.3, 0.4) is 0 Å². The lowest BCUT2D eigenvalue weighted by Crippen LogP contribution is -2.13. The molecule has 0 aromatic heterocycles. The summed E-state index contributed by atoms with van der Waals surface area (Å²) in [5.74, 6) is 0.911. The van der Waals surface area contributed by atoms with Gasteiger partial charge >= 0.3 is 0 Å². The van der Waals surface area contributed by atoms with Gasteiger partial charge in [0.2, 0.25) is 5.91 Å². The van der Waals surface area contributed by atoms with Crippen molar-refractivity contribution in [3.8, 4) is 5.75 Å². The van der Waals surface area contributed by atoms with Gasteiger partial charge in [-0.2, -0.15) is 0 Å². The summed E-state index contributed by atoms with van der Waals surface area (Å²) in [6, 6.07) is 13.9. The maximum Gasteiger partial charge on any atom is 0.224 e. The zero-order chi connectivity index (χ0) is 15.9. The third-order valence-electron chi connectivity index (χ3n) is 3.69. The van der Waals surface area contributed by atoms with Crippen LogP contribution in [0.5, 0.6) is 5.75 Å². The van der Waals surface area contributed by atoms with E-state index >= 15 is 0 Å². The predicted octanol–water partition coefficient (Wildman–Crippen LogP) is 4.41. The summed E-state index contributed by atoms with van der Waals surface area (Å²) in [5.41, 5.74) is 4.38. The molecule has 3 heteroatoms. The van der Waals surface area contributed by atoms with E-state index in [4.69, 9.17) is 4.74 Å². The molecule has 0 saturated heterocycles. The molecule has 2 rings (SSSR count). The van der Waals surface area contributed by atoms with E-state index in [1.54, 1.807) is 0 Å². The third kappa shape index (κ3) is 4.62. The highest BCUT2D eigenvalue weighted by Gasteiger charge is 2.04. The summed E-state index contributed by atoms with van der Waals surface area (Å²) in [6.45, 7) is 6.66. The summed E-state index contributed by atoms with van der Waals surface area (Å²) in [6.07, 6.45) is 1.16. The average Bonchev–Trinajstić information content (AvgIpc) is 2.49. The number of aryl methyl sites for hydroxylation is 3. The number of nitrogens with one attached hydrogen (secondary N) is 1. The zero-order valence-corrected chi connectivity index (χ0v) is 13.5. The molecule has 0 aliphatic rings. The van der Waals surface area contributed by atoms with E-state index < -0.39 is 0 Å². The standard InChI is InChI=1S/C19H23NO2/c1-14-10-11-17(13-16(14)3)20-19(21)9-6-12-22-18-8-5-4-7-15(18)2/h4-5,7-8,10-11,13H,6,9,12H2,1-3H3,(H,20,21). The van der Waals surface area contributed by atoms with Crippen molar-refractivity contribution in [2.24, 2.45) is 0 Å². The number of carbonyl (C=O) groups is 1. The Morgan fingerprint density at radius 2 is 1.77 bits per heavy atom. The van der Waals surface area contributed by atoms with Crippen LogP contribution in [0.2, 0.25) is 0 Å². The highest BCUT2D eigenvalue weighted by Crippen LogP contribution is 2.17. The molecule has 0 fully saturated rings. The molecule has 2 aromatic rings. The van der Waals surface area contributed by atoms with Gasteiger partial charge in [-0.1, -0.05) is 24.3 Å². The molecule has 1 N–H and O–H groups in total. The molecule has 0 spiro atoms. The molecule has 0 atom stereocenters. The Kier molecular flexibility index (Phi) is 5.59. The highest BCUT2D eigenvalue weighted by molar-refractivity contribution is 5.90. The first kappa shape index (κ1) is 16.1. The highest BCUT2D eigenvalue weighted by atomic mass is 16.5. The molecule has 1 amide bonds. The van der Waals surface area contributed by atoms with Crippen molar-refractivity contribution >= 4 is 11.6 Å². The molecule has 22 heavy (non-hydrogen) atoms. The van der Waals surface area contributed by atoms with Crippen molar-refractivity contribution in [1.29, 1.82) is 0 Å². The van der Waals surface area contributed by atoms with E-state index in [9.17, 15) is 4.79 Å². The molecule has 2 aromatic carbocycles. The minimum absolute atomic E-state index is 0.0247. The molecule has 0 aliphatic carbocycles. The van der Waals surface area contributed by atoms with Crippen LogP contribution in [-0.2, 0) is 4.79 Å². The van der Waals surface area contributed by atoms with Gasteiger partial charge in [0.15, 0.2) is 0 Å². The molecule has 0 unspecified atom stereocenters. The number of ether oxygens (including phenoxy) is 1. The number of para-hydroxylation sites is 1. The van der Waals surface area contributed by atoms with Gasteiger partial charge in [0.1, 0.15) is 5.75 Å². The Balaban J connectivity index is 1.74. The van der Waals surface area contributed by atoms with Crippen LogP contribution in [0.4, 0.5) is 5.69 Å². The van der Waals surface area contributed by atoms with Crippen LogP contribution in [0.25, 0.3) is 0 Å². The van der Waals surface area contributed by atoms with E-state index in [0.717, 1.165) is 17.0 Å². The van der Waals surface area contributed by atoms with E-state index in [0.29, 0.717) is 19.4 Å². The van der Waals surface area contributed by atoms with Crippen molar-refractivity contribution in [2.75, 3.05) is 11.9 Å². The Hall–Kier alpha value is -2.29. The molecule has 0 radical (unpaired) electrons. The van der Waals surface area contributed by atoms with Gasteiger partial charge in [-0.05, 0) is 62.1 Å². The smallest absolute Gasteiger partial charge is 0.224 e. The van der Waals surface area contributed by atoms with Gasteiger partial charge in [0.05, 0.1) is 6.61 Å². The Labute approximate surface area is 132 Å². The third-order valence-corrected chi connectivity index (χ3v) is 3.69. The monoisotopic (exact) mass is 297 g/mol. The molecule has 0 saturated carbocycles. The normalized spacial score (nSPS) is 10.3. The number of benzene rings is 2. The van der Waals surface area contributed by atoms with Crippen LogP contribution in [0.15, 0.2) is 42.5 Å². The van der Waals surface area contributed by atoms with E-state index in [-0.39, 0.29) is 5.91 Å². The second-order valence-electron chi connectivity index (χ2n) is 5.56. The van der Waals surface area contributed by atoms with Gasteiger partial charge in [0, 0.05) is 12.1 Å². The van der Waals surface area contributed by atoms with Crippen LogP contribution in [0, 0.1) is 20.8 Å². The van der Waals surface area contributed by atoms with Gasteiger partial charge in [-0.25, -0.2) is 0 Å². The summed E-state index contributed by atoms with van der Waals surface area (Å²) < 4.78 is 5.69. The largest absolute Gasteiger partial charge is 0.493 e. The number of amides is 1. The summed E-state index contributed by atoms with van der Waals surface area (Å²) in [5, 5.41) is 2.93. The molecular formula is C19H23NO2. The van der Waals surface area contributed by atoms with E-state index in [1.807, 2.05) is 56.3 Å². The number of carbonyl (C=O) groups excluding carboxylic acids is 1. The second-order valence-corrected chi connectivity index (χ2v) is 5.56. The molecular weight excluding hydrogens is 274 g/mol. The van der Waals surface area contributed by atoms with Gasteiger partial charge in [-0.3, -0.25) is 4.79 Å². The predicted molar refractivity (Wildman–Crippen MR) is 90.5 cm³/mol. The zero-order valence-electron chi connectivity index (χ0n) is 13.5. The molecule has 0 heterocycles. The number of rotatable bonds is 6. The summed E-state index contributed by atoms with van der Waals surface area (Å²) in [7, 11) is 0. The first-order valence-corrected chi connectivity index (χ1v) is 7.62. The van der Waals surface area contributed by atoms with Crippen molar-refractivity contribution in [1.82, 2.24) is 0 Å². The van der Waals surface area contributed by atoms with Crippen LogP contribution >= 0.6 is 0 Å². The van der Waals surface area contributed by atoms with E-state index in [2.05, 4.69) is 12.2 Å². The number of hydrogen-bond donors (Lipinski definition) is 1. The Morgan fingerprint density at radius 1 is 1.00 bits per heavy atom. The van der Waals surface area contributed by atoms with Crippen LogP contribution < -0.4 is 10.1 Å². The van der Waals surface area contributed by atoms with Crippen LogP contribution in [-0.4, -0.2) is 12.5 Å². The van der Waals surface area contributed by atoms with Gasteiger partial charge in [0.25, 0.3) is 0 Å². The average molecular weight is 297 g/mol. The van der Waals surface area contributed by atoms with Crippen molar-refractivity contribution < 1.29 is 9.53 Å². The lowest BCUT2D eigenvalue weighted by atomic mass is 10.1. The topological polar surface area (TPSA) is 38.3 Å². The molecule has 116 valence electrons. The molecule has 3 nitrogen and oxygen atoms in total. The maximum absolute atomic E-state index is 11.9. The minimum atomic E-state index is 0.0247. The fraction of sp³-hybridized carbons (Fsp3) is 0.316. The number of anilines is 1. The second kappa shape index (κ2) is 7.64. The Morgan fingerprint density at radius 3 is 2.50 bits per heavy atom. The number of hydrogen-bond acceptors (Lipinski definition) is 2. The van der Waals surface area contributed by atoms with Crippen molar-refractivity contribution in [3.63, 3.8) is 0 Å². The van der Waals surface area contributed by atoms with Gasteiger partial charge < -0.3 is 10.1 Å². The maximum atomic E-state index is 11.9. The Bertz CT molecular complexity index is 650. The van der Waals surface area contributed by atoms with Crippen molar-refractivity contribution in [2.45, 2.75) is 33.6 Å². The fourth-order valence-corrected chi connectivity index (χ4v) is 2.18. The summed E-state index contributed by atoms with van der Waals surface area (Å²) >= 11 is 0. The molecule has 0 aliphatic heterocycles. The van der Waals surface area contributed by atoms with Crippen molar-refractivity contribution in [3.05, 3.63) is 59.2 Å². The summed E-state index contributed by atoms with van der Waals surface area (Å²) in [4.78, 5) is 11.9. The first-order valence-electron chi connectivity index (χ1n) is 7.62. The van der Waals surface area contributed by atoms with Crippen LogP contribution in [0.1, 0.15) is 29.5 Å². The van der Waals surface area contributed by atoms with E-state index in [1.165, 1.54) is 11.1 Å². The first-order chi connectivity index (χ1) is 10.6. The minimum Gasteiger partial charge on any atom is -0.493 e. The van der Waals surface area contributed by atoms with Gasteiger partial charge in [-0.15, -0.1) is 0 Å². The lowest BCUT2D eigenvalue weighted by Gasteiger charge is -2.09.